The summed E-state index contributed by atoms with van der Waals surface area (Å²) in [6.07, 6.45) is 2.21. The third kappa shape index (κ3) is 4.53. The van der Waals surface area contributed by atoms with Gasteiger partial charge in [0.1, 0.15) is 0 Å². The summed E-state index contributed by atoms with van der Waals surface area (Å²) in [6, 6.07) is 0. The lowest BCUT2D eigenvalue weighted by atomic mass is 9.92. The van der Waals surface area contributed by atoms with Crippen LogP contribution in [0.1, 0.15) is 27.2 Å². The van der Waals surface area contributed by atoms with Crippen molar-refractivity contribution in [1.82, 2.24) is 0 Å². The van der Waals surface area contributed by atoms with Crippen molar-refractivity contribution >= 4 is 5.78 Å². The second-order valence-corrected chi connectivity index (χ2v) is 4.17. The van der Waals surface area contributed by atoms with Crippen LogP contribution in [0.4, 0.5) is 0 Å². The summed E-state index contributed by atoms with van der Waals surface area (Å²) in [4.78, 5) is 21.8. The van der Waals surface area contributed by atoms with Crippen LogP contribution in [0.3, 0.4) is 0 Å². The molecule has 5 heteroatoms. The number of hydrogen-bond acceptors (Lipinski definition) is 4. The van der Waals surface area contributed by atoms with Crippen molar-refractivity contribution in [3.05, 3.63) is 22.8 Å². The average molecular weight is 229 g/mol. The van der Waals surface area contributed by atoms with E-state index in [4.69, 9.17) is 4.74 Å². The molecule has 0 aliphatic carbocycles. The Morgan fingerprint density at radius 2 is 2.19 bits per heavy atom. The molecule has 92 valence electrons. The predicted octanol–water partition coefficient (Wildman–Crippen LogP) is 1.84. The van der Waals surface area contributed by atoms with Gasteiger partial charge in [0, 0.05) is 10.8 Å². The van der Waals surface area contributed by atoms with Crippen LogP contribution in [0.25, 0.3) is 0 Å². The Morgan fingerprint density at radius 3 is 2.56 bits per heavy atom. The van der Waals surface area contributed by atoms with E-state index in [-0.39, 0.29) is 18.3 Å². The standard InChI is InChI=1S/C11H19NO4/c1-5-6-7-16-11(4,8-12(14)15)10(13)9(2)3/h5,9H,1,6-8H2,2-4H3. The van der Waals surface area contributed by atoms with E-state index in [1.807, 2.05) is 0 Å². The van der Waals surface area contributed by atoms with E-state index in [2.05, 4.69) is 6.58 Å². The molecule has 1 atom stereocenters. The van der Waals surface area contributed by atoms with Crippen LogP contribution in [-0.2, 0) is 9.53 Å². The number of ketones is 1. The molecule has 1 unspecified atom stereocenters. The fourth-order valence-electron chi connectivity index (χ4n) is 1.42. The Balaban J connectivity index is 4.66. The fraction of sp³-hybridized carbons (Fsp3) is 0.727. The number of Topliss-reactive ketones (excluding diaryl/α,β-unsaturated/α-hetero) is 1. The molecular formula is C11H19NO4. The van der Waals surface area contributed by atoms with Crippen LogP contribution in [-0.4, -0.2) is 29.5 Å². The van der Waals surface area contributed by atoms with Crippen molar-refractivity contribution in [3.63, 3.8) is 0 Å². The monoisotopic (exact) mass is 229 g/mol. The molecule has 0 aliphatic rings. The van der Waals surface area contributed by atoms with Crippen LogP contribution >= 0.6 is 0 Å². The van der Waals surface area contributed by atoms with Crippen molar-refractivity contribution in [2.24, 2.45) is 5.92 Å². The third-order valence-electron chi connectivity index (χ3n) is 2.22. The Kier molecular flexibility index (Phi) is 5.88. The minimum absolute atomic E-state index is 0.242. The first kappa shape index (κ1) is 14.8. The quantitative estimate of drug-likeness (QED) is 0.275. The summed E-state index contributed by atoms with van der Waals surface area (Å²) in [5.74, 6) is -0.526. The van der Waals surface area contributed by atoms with E-state index in [0.717, 1.165) is 0 Å². The minimum atomic E-state index is -1.33. The molecule has 0 N–H and O–H groups in total. The lowest BCUT2D eigenvalue weighted by Gasteiger charge is -2.25. The maximum absolute atomic E-state index is 11.8. The molecule has 5 nitrogen and oxygen atoms in total. The van der Waals surface area contributed by atoms with E-state index in [9.17, 15) is 14.9 Å². The SMILES string of the molecule is C=CCCOC(C)(C[N+](=O)[O-])C(=O)C(C)C. The molecule has 0 radical (unpaired) electrons. The summed E-state index contributed by atoms with van der Waals surface area (Å²) >= 11 is 0. The highest BCUT2D eigenvalue weighted by atomic mass is 16.6. The topological polar surface area (TPSA) is 69.4 Å². The highest BCUT2D eigenvalue weighted by Gasteiger charge is 2.40. The maximum atomic E-state index is 11.8. The van der Waals surface area contributed by atoms with Gasteiger partial charge in [0.05, 0.1) is 6.61 Å². The zero-order chi connectivity index (χ0) is 12.8. The molecule has 0 aromatic rings. The second-order valence-electron chi connectivity index (χ2n) is 4.17. The van der Waals surface area contributed by atoms with Gasteiger partial charge in [-0.25, -0.2) is 0 Å². The fourth-order valence-corrected chi connectivity index (χ4v) is 1.42. The van der Waals surface area contributed by atoms with Gasteiger partial charge in [-0.3, -0.25) is 14.9 Å². The number of carbonyl (C=O) groups is 1. The zero-order valence-electron chi connectivity index (χ0n) is 10.1. The second kappa shape index (κ2) is 6.37. The number of ether oxygens (including phenoxy) is 1. The lowest BCUT2D eigenvalue weighted by molar-refractivity contribution is -0.497. The molecule has 16 heavy (non-hydrogen) atoms. The van der Waals surface area contributed by atoms with Crippen molar-refractivity contribution in [2.45, 2.75) is 32.8 Å². The third-order valence-corrected chi connectivity index (χ3v) is 2.22. The Bertz CT molecular complexity index is 275. The van der Waals surface area contributed by atoms with Gasteiger partial charge < -0.3 is 4.74 Å². The molecule has 0 spiro atoms. The van der Waals surface area contributed by atoms with Crippen molar-refractivity contribution in [2.75, 3.05) is 13.2 Å². The van der Waals surface area contributed by atoms with E-state index in [1.165, 1.54) is 6.92 Å². The highest BCUT2D eigenvalue weighted by Crippen LogP contribution is 2.18. The van der Waals surface area contributed by atoms with Crippen molar-refractivity contribution in [1.29, 1.82) is 0 Å². The van der Waals surface area contributed by atoms with Gasteiger partial charge in [0.15, 0.2) is 11.4 Å². The first-order chi connectivity index (χ1) is 7.33. The molecule has 0 rings (SSSR count). The van der Waals surface area contributed by atoms with Crippen molar-refractivity contribution in [3.8, 4) is 0 Å². The molecule has 0 aromatic carbocycles. The summed E-state index contributed by atoms with van der Waals surface area (Å²) in [6.45, 7) is 8.18. The normalized spacial score (nSPS) is 14.5. The smallest absolute Gasteiger partial charge is 0.239 e. The van der Waals surface area contributed by atoms with E-state index >= 15 is 0 Å². The molecule has 0 saturated heterocycles. The zero-order valence-corrected chi connectivity index (χ0v) is 10.1. The number of rotatable bonds is 8. The molecule has 0 amide bonds. The molecule has 0 aromatic heterocycles. The maximum Gasteiger partial charge on any atom is 0.239 e. The number of hydrogen-bond donors (Lipinski definition) is 0. The number of nitrogens with zero attached hydrogens (tertiary/aromatic N) is 1. The van der Waals surface area contributed by atoms with Gasteiger partial charge >= 0.3 is 0 Å². The summed E-state index contributed by atoms with van der Waals surface area (Å²) < 4.78 is 5.34. The Hall–Kier alpha value is -1.23. The molecule has 0 aliphatic heterocycles. The first-order valence-corrected chi connectivity index (χ1v) is 5.24. The first-order valence-electron chi connectivity index (χ1n) is 5.24. The van der Waals surface area contributed by atoms with Gasteiger partial charge in [-0.15, -0.1) is 6.58 Å². The summed E-state index contributed by atoms with van der Waals surface area (Å²) in [7, 11) is 0. The van der Waals surface area contributed by atoms with Crippen molar-refractivity contribution < 1.29 is 14.5 Å². The molecule has 0 saturated carbocycles. The van der Waals surface area contributed by atoms with Crippen LogP contribution in [0.5, 0.6) is 0 Å². The average Bonchev–Trinajstić information content (AvgIpc) is 2.15. The molecule has 0 heterocycles. The van der Waals surface area contributed by atoms with Crippen LogP contribution < -0.4 is 0 Å². The number of carbonyl (C=O) groups excluding carboxylic acids is 1. The Morgan fingerprint density at radius 1 is 1.62 bits per heavy atom. The van der Waals surface area contributed by atoms with Crippen LogP contribution in [0.2, 0.25) is 0 Å². The molecular weight excluding hydrogens is 210 g/mol. The van der Waals surface area contributed by atoms with E-state index in [0.29, 0.717) is 6.42 Å². The number of nitro groups is 1. The van der Waals surface area contributed by atoms with Gasteiger partial charge in [0.25, 0.3) is 0 Å². The Labute approximate surface area is 95.6 Å². The van der Waals surface area contributed by atoms with Gasteiger partial charge in [0.2, 0.25) is 6.54 Å². The van der Waals surface area contributed by atoms with Gasteiger partial charge in [-0.2, -0.15) is 0 Å². The lowest BCUT2D eigenvalue weighted by Crippen LogP contribution is -2.47. The summed E-state index contributed by atoms with van der Waals surface area (Å²) in [5.41, 5.74) is -1.33. The largest absolute Gasteiger partial charge is 0.360 e. The summed E-state index contributed by atoms with van der Waals surface area (Å²) in [5, 5.41) is 10.5. The molecule has 0 bridgehead atoms. The predicted molar refractivity (Wildman–Crippen MR) is 60.9 cm³/mol. The van der Waals surface area contributed by atoms with E-state index < -0.39 is 17.1 Å². The van der Waals surface area contributed by atoms with E-state index in [1.54, 1.807) is 19.9 Å². The van der Waals surface area contributed by atoms with Gasteiger partial charge in [-0.05, 0) is 13.3 Å². The van der Waals surface area contributed by atoms with Gasteiger partial charge in [-0.1, -0.05) is 19.9 Å². The highest BCUT2D eigenvalue weighted by molar-refractivity contribution is 5.88. The molecule has 0 fully saturated rings. The van der Waals surface area contributed by atoms with Crippen LogP contribution in [0.15, 0.2) is 12.7 Å². The van der Waals surface area contributed by atoms with Crippen LogP contribution in [0, 0.1) is 16.0 Å². The minimum Gasteiger partial charge on any atom is -0.360 e.